The zero-order valence-corrected chi connectivity index (χ0v) is 11.0. The third-order valence-corrected chi connectivity index (χ3v) is 2.58. The highest BCUT2D eigenvalue weighted by Crippen LogP contribution is 2.17. The lowest BCUT2D eigenvalue weighted by Crippen LogP contribution is -2.04. The number of hydrogen-bond donors (Lipinski definition) is 0. The van der Waals surface area contributed by atoms with E-state index in [0.29, 0.717) is 5.75 Å². The molecule has 0 atom stereocenters. The zero-order valence-electron chi connectivity index (χ0n) is 9.39. The summed E-state index contributed by atoms with van der Waals surface area (Å²) >= 11 is 3.30. The van der Waals surface area contributed by atoms with Crippen LogP contribution in [0.3, 0.4) is 0 Å². The standard InChI is InChI=1S/C15H9BrO2/c16-13-7-4-8-14(11-13)18-15(17)10-9-12-5-2-1-3-6-12/h1-8,11H. The van der Waals surface area contributed by atoms with Gasteiger partial charge in [0.05, 0.1) is 0 Å². The molecule has 2 rings (SSSR count). The molecular weight excluding hydrogens is 292 g/mol. The lowest BCUT2D eigenvalue weighted by atomic mass is 10.2. The summed E-state index contributed by atoms with van der Waals surface area (Å²) in [5, 5.41) is 0. The van der Waals surface area contributed by atoms with Crippen molar-refractivity contribution < 1.29 is 9.53 Å². The summed E-state index contributed by atoms with van der Waals surface area (Å²) in [7, 11) is 0. The van der Waals surface area contributed by atoms with Crippen LogP contribution in [0.1, 0.15) is 5.56 Å². The Kier molecular flexibility index (Phi) is 4.16. The summed E-state index contributed by atoms with van der Waals surface area (Å²) in [4.78, 5) is 11.5. The second-order valence-electron chi connectivity index (χ2n) is 3.46. The molecule has 0 saturated carbocycles. The molecule has 0 spiro atoms. The minimum atomic E-state index is -0.572. The Morgan fingerprint density at radius 2 is 1.83 bits per heavy atom. The van der Waals surface area contributed by atoms with Crippen molar-refractivity contribution in [2.24, 2.45) is 0 Å². The van der Waals surface area contributed by atoms with Gasteiger partial charge in [-0.25, -0.2) is 4.79 Å². The molecule has 3 heteroatoms. The molecule has 0 bridgehead atoms. The highest BCUT2D eigenvalue weighted by molar-refractivity contribution is 9.10. The fourth-order valence-electron chi connectivity index (χ4n) is 1.31. The first-order chi connectivity index (χ1) is 8.74. The van der Waals surface area contributed by atoms with Crippen LogP contribution in [0, 0.1) is 11.8 Å². The first kappa shape index (κ1) is 12.4. The fraction of sp³-hybridized carbons (Fsp3) is 0. The molecule has 0 aliphatic heterocycles. The number of ether oxygens (including phenoxy) is 1. The highest BCUT2D eigenvalue weighted by Gasteiger charge is 2.00. The topological polar surface area (TPSA) is 26.3 Å². The Balaban J connectivity index is 2.04. The molecule has 2 aromatic rings. The van der Waals surface area contributed by atoms with Crippen LogP contribution < -0.4 is 4.74 Å². The second kappa shape index (κ2) is 6.04. The van der Waals surface area contributed by atoms with Gasteiger partial charge in [0.1, 0.15) is 5.75 Å². The first-order valence-corrected chi connectivity index (χ1v) is 6.08. The van der Waals surface area contributed by atoms with Gasteiger partial charge < -0.3 is 4.74 Å². The smallest absolute Gasteiger partial charge is 0.390 e. The lowest BCUT2D eigenvalue weighted by Gasteiger charge is -1.99. The van der Waals surface area contributed by atoms with E-state index < -0.39 is 5.97 Å². The largest absolute Gasteiger partial charge is 0.417 e. The van der Waals surface area contributed by atoms with E-state index in [1.807, 2.05) is 36.4 Å². The Bertz CT molecular complexity index is 609. The third kappa shape index (κ3) is 3.76. The van der Waals surface area contributed by atoms with E-state index in [1.165, 1.54) is 0 Å². The van der Waals surface area contributed by atoms with Crippen molar-refractivity contribution in [1.29, 1.82) is 0 Å². The number of hydrogen-bond acceptors (Lipinski definition) is 2. The van der Waals surface area contributed by atoms with Crippen molar-refractivity contribution in [1.82, 2.24) is 0 Å². The van der Waals surface area contributed by atoms with Crippen molar-refractivity contribution >= 4 is 21.9 Å². The van der Waals surface area contributed by atoms with Gasteiger partial charge in [-0.3, -0.25) is 0 Å². The molecule has 0 N–H and O–H groups in total. The number of esters is 1. The average Bonchev–Trinajstić information content (AvgIpc) is 2.38. The van der Waals surface area contributed by atoms with E-state index in [4.69, 9.17) is 4.74 Å². The van der Waals surface area contributed by atoms with Crippen LogP contribution in [0.15, 0.2) is 59.1 Å². The number of halogens is 1. The average molecular weight is 301 g/mol. The molecule has 88 valence electrons. The summed E-state index contributed by atoms with van der Waals surface area (Å²) in [5.41, 5.74) is 0.781. The van der Waals surface area contributed by atoms with Gasteiger partial charge in [-0.15, -0.1) is 0 Å². The Morgan fingerprint density at radius 3 is 2.56 bits per heavy atom. The molecule has 0 radical (unpaired) electrons. The molecule has 0 fully saturated rings. The van der Waals surface area contributed by atoms with Gasteiger partial charge in [0.25, 0.3) is 0 Å². The van der Waals surface area contributed by atoms with E-state index in [0.717, 1.165) is 10.0 Å². The van der Waals surface area contributed by atoms with Crippen LogP contribution in [0.5, 0.6) is 5.75 Å². The van der Waals surface area contributed by atoms with Gasteiger partial charge in [0, 0.05) is 16.0 Å². The van der Waals surface area contributed by atoms with E-state index in [9.17, 15) is 4.79 Å². The monoisotopic (exact) mass is 300 g/mol. The maximum absolute atomic E-state index is 11.5. The summed E-state index contributed by atoms with van der Waals surface area (Å²) in [6.07, 6.45) is 0. The van der Waals surface area contributed by atoms with Crippen molar-refractivity contribution in [2.75, 3.05) is 0 Å². The summed E-state index contributed by atoms with van der Waals surface area (Å²) < 4.78 is 5.93. The maximum Gasteiger partial charge on any atom is 0.390 e. The van der Waals surface area contributed by atoms with E-state index in [2.05, 4.69) is 27.8 Å². The van der Waals surface area contributed by atoms with Gasteiger partial charge in [-0.1, -0.05) is 46.1 Å². The quantitative estimate of drug-likeness (QED) is 0.458. The summed E-state index contributed by atoms with van der Waals surface area (Å²) in [6, 6.07) is 16.3. The molecule has 0 saturated heterocycles. The molecule has 2 aromatic carbocycles. The SMILES string of the molecule is O=C(C#Cc1ccccc1)Oc1cccc(Br)c1. The molecule has 18 heavy (non-hydrogen) atoms. The van der Waals surface area contributed by atoms with Crippen LogP contribution in [-0.4, -0.2) is 5.97 Å². The van der Waals surface area contributed by atoms with Gasteiger partial charge in [0.2, 0.25) is 0 Å². The summed E-state index contributed by atoms with van der Waals surface area (Å²) in [5.74, 6) is 5.08. The van der Waals surface area contributed by atoms with Gasteiger partial charge >= 0.3 is 5.97 Å². The second-order valence-corrected chi connectivity index (χ2v) is 4.38. The Hall–Kier alpha value is -2.05. The lowest BCUT2D eigenvalue weighted by molar-refractivity contribution is -0.128. The Morgan fingerprint density at radius 1 is 1.06 bits per heavy atom. The van der Waals surface area contributed by atoms with Gasteiger partial charge in [-0.2, -0.15) is 0 Å². The van der Waals surface area contributed by atoms with E-state index in [1.54, 1.807) is 18.2 Å². The van der Waals surface area contributed by atoms with Crippen molar-refractivity contribution in [3.63, 3.8) is 0 Å². The van der Waals surface area contributed by atoms with Crippen LogP contribution in [-0.2, 0) is 4.79 Å². The summed E-state index contributed by atoms with van der Waals surface area (Å²) in [6.45, 7) is 0. The van der Waals surface area contributed by atoms with Crippen molar-refractivity contribution in [3.05, 3.63) is 64.6 Å². The molecule has 2 nitrogen and oxygen atoms in total. The van der Waals surface area contributed by atoms with Crippen molar-refractivity contribution in [2.45, 2.75) is 0 Å². The Labute approximate surface area is 114 Å². The highest BCUT2D eigenvalue weighted by atomic mass is 79.9. The molecule has 0 heterocycles. The molecule has 0 aromatic heterocycles. The minimum absolute atomic E-state index is 0.469. The van der Waals surface area contributed by atoms with Crippen LogP contribution in [0.2, 0.25) is 0 Å². The molecule has 0 amide bonds. The molecular formula is C15H9BrO2. The normalized spacial score (nSPS) is 9.17. The van der Waals surface area contributed by atoms with Gasteiger partial charge in [-0.05, 0) is 30.3 Å². The molecule has 0 aliphatic rings. The fourth-order valence-corrected chi connectivity index (χ4v) is 1.69. The number of carbonyl (C=O) groups is 1. The zero-order chi connectivity index (χ0) is 12.8. The molecule has 0 unspecified atom stereocenters. The van der Waals surface area contributed by atoms with E-state index in [-0.39, 0.29) is 0 Å². The van der Waals surface area contributed by atoms with Gasteiger partial charge in [0.15, 0.2) is 0 Å². The third-order valence-electron chi connectivity index (χ3n) is 2.09. The van der Waals surface area contributed by atoms with E-state index >= 15 is 0 Å². The minimum Gasteiger partial charge on any atom is -0.417 e. The van der Waals surface area contributed by atoms with Crippen LogP contribution in [0.25, 0.3) is 0 Å². The van der Waals surface area contributed by atoms with Crippen molar-refractivity contribution in [3.8, 4) is 17.6 Å². The molecule has 0 aliphatic carbocycles. The maximum atomic E-state index is 11.5. The number of benzene rings is 2. The predicted octanol–water partition coefficient (Wildman–Crippen LogP) is 3.41. The first-order valence-electron chi connectivity index (χ1n) is 5.28. The van der Waals surface area contributed by atoms with Crippen LogP contribution >= 0.6 is 15.9 Å². The predicted molar refractivity (Wildman–Crippen MR) is 73.1 cm³/mol. The number of rotatable bonds is 1. The number of carbonyl (C=O) groups excluding carboxylic acids is 1. The van der Waals surface area contributed by atoms with Crippen LogP contribution in [0.4, 0.5) is 0 Å².